The molecule has 1 saturated heterocycles. The molecule has 0 spiro atoms. The highest BCUT2D eigenvalue weighted by Gasteiger charge is 2.35. The van der Waals surface area contributed by atoms with Gasteiger partial charge in [-0.1, -0.05) is 35.9 Å². The van der Waals surface area contributed by atoms with Gasteiger partial charge < -0.3 is 10.2 Å². The fraction of sp³-hybridized carbons (Fsp3) is 0.263. The summed E-state index contributed by atoms with van der Waals surface area (Å²) in [5, 5.41) is 3.31. The summed E-state index contributed by atoms with van der Waals surface area (Å²) < 4.78 is 0. The van der Waals surface area contributed by atoms with E-state index in [2.05, 4.69) is 5.32 Å². The van der Waals surface area contributed by atoms with Crippen molar-refractivity contribution in [3.63, 3.8) is 0 Å². The molecule has 0 aromatic heterocycles. The lowest BCUT2D eigenvalue weighted by Gasteiger charge is -2.20. The summed E-state index contributed by atoms with van der Waals surface area (Å²) in [6, 6.07) is 13.0. The zero-order valence-electron chi connectivity index (χ0n) is 13.7. The maximum Gasteiger partial charge on any atom is 0.229 e. The molecule has 1 atom stereocenters. The first kappa shape index (κ1) is 16.5. The van der Waals surface area contributed by atoms with Gasteiger partial charge in [0.05, 0.1) is 16.6 Å². The van der Waals surface area contributed by atoms with Crippen LogP contribution in [0.3, 0.4) is 0 Å². The minimum atomic E-state index is -0.381. The summed E-state index contributed by atoms with van der Waals surface area (Å²) in [6.07, 6.45) is 0.212. The predicted molar refractivity (Wildman–Crippen MR) is 96.5 cm³/mol. The van der Waals surface area contributed by atoms with Gasteiger partial charge in [0.25, 0.3) is 0 Å². The lowest BCUT2D eigenvalue weighted by Crippen LogP contribution is -2.28. The molecule has 2 aromatic rings. The maximum atomic E-state index is 12.5. The highest BCUT2D eigenvalue weighted by atomic mass is 35.5. The van der Waals surface area contributed by atoms with E-state index in [1.54, 1.807) is 23.1 Å². The summed E-state index contributed by atoms with van der Waals surface area (Å²) in [5.41, 5.74) is 3.65. The third kappa shape index (κ3) is 3.15. The summed E-state index contributed by atoms with van der Waals surface area (Å²) >= 11 is 6.07. The standard InChI is InChI=1S/C19H19ClN2O2/c1-12-6-5-9-17(13(12)2)22-11-14(10-18(22)23)19(24)21-16-8-4-3-7-15(16)20/h3-9,14H,10-11H2,1-2H3,(H,21,24)/t14-/m1/s1. The van der Waals surface area contributed by atoms with E-state index in [0.29, 0.717) is 17.3 Å². The van der Waals surface area contributed by atoms with Gasteiger partial charge in [0.1, 0.15) is 0 Å². The lowest BCUT2D eigenvalue weighted by atomic mass is 10.1. The predicted octanol–water partition coefficient (Wildman–Crippen LogP) is 3.95. The number of nitrogens with zero attached hydrogens (tertiary/aromatic N) is 1. The van der Waals surface area contributed by atoms with E-state index in [1.807, 2.05) is 38.1 Å². The molecule has 5 heteroatoms. The lowest BCUT2D eigenvalue weighted by molar-refractivity contribution is -0.122. The molecule has 0 saturated carbocycles. The van der Waals surface area contributed by atoms with Gasteiger partial charge in [-0.05, 0) is 43.2 Å². The Kier molecular flexibility index (Phi) is 4.58. The molecule has 0 bridgehead atoms. The average molecular weight is 343 g/mol. The molecule has 0 aliphatic carbocycles. The zero-order valence-corrected chi connectivity index (χ0v) is 14.4. The second kappa shape index (κ2) is 6.65. The van der Waals surface area contributed by atoms with E-state index >= 15 is 0 Å². The molecule has 1 N–H and O–H groups in total. The number of hydrogen-bond donors (Lipinski definition) is 1. The molecule has 2 aromatic carbocycles. The Hall–Kier alpha value is -2.33. The molecule has 2 amide bonds. The zero-order chi connectivity index (χ0) is 17.3. The minimum absolute atomic E-state index is 0.0250. The molecule has 0 unspecified atom stereocenters. The van der Waals surface area contributed by atoms with Gasteiger partial charge in [-0.3, -0.25) is 9.59 Å². The normalized spacial score (nSPS) is 17.2. The Morgan fingerprint density at radius 2 is 1.92 bits per heavy atom. The number of aryl methyl sites for hydroxylation is 1. The van der Waals surface area contributed by atoms with Crippen molar-refractivity contribution in [3.8, 4) is 0 Å². The molecule has 3 rings (SSSR count). The number of nitrogens with one attached hydrogen (secondary N) is 1. The van der Waals surface area contributed by atoms with Crippen LogP contribution in [0.2, 0.25) is 5.02 Å². The maximum absolute atomic E-state index is 12.5. The Balaban J connectivity index is 1.76. The summed E-state index contributed by atoms with van der Waals surface area (Å²) in [4.78, 5) is 26.6. The molecule has 0 radical (unpaired) electrons. The van der Waals surface area contributed by atoms with Crippen LogP contribution in [0.25, 0.3) is 0 Å². The van der Waals surface area contributed by atoms with Crippen molar-refractivity contribution in [3.05, 3.63) is 58.6 Å². The van der Waals surface area contributed by atoms with Crippen molar-refractivity contribution < 1.29 is 9.59 Å². The SMILES string of the molecule is Cc1cccc(N2C[C@H](C(=O)Nc3ccccc3Cl)CC2=O)c1C. The molecular weight excluding hydrogens is 324 g/mol. The van der Waals surface area contributed by atoms with Gasteiger partial charge in [0.15, 0.2) is 0 Å². The Labute approximate surface area is 146 Å². The van der Waals surface area contributed by atoms with Crippen LogP contribution in [-0.2, 0) is 9.59 Å². The first-order chi connectivity index (χ1) is 11.5. The van der Waals surface area contributed by atoms with E-state index in [4.69, 9.17) is 11.6 Å². The number of para-hydroxylation sites is 1. The fourth-order valence-electron chi connectivity index (χ4n) is 2.94. The van der Waals surface area contributed by atoms with Crippen LogP contribution in [-0.4, -0.2) is 18.4 Å². The van der Waals surface area contributed by atoms with Crippen molar-refractivity contribution in [2.75, 3.05) is 16.8 Å². The molecule has 1 aliphatic rings. The van der Waals surface area contributed by atoms with Crippen LogP contribution >= 0.6 is 11.6 Å². The van der Waals surface area contributed by atoms with Gasteiger partial charge in [0.2, 0.25) is 11.8 Å². The van der Waals surface area contributed by atoms with Gasteiger partial charge in [0, 0.05) is 18.7 Å². The molecule has 4 nitrogen and oxygen atoms in total. The molecule has 1 fully saturated rings. The number of rotatable bonds is 3. The van der Waals surface area contributed by atoms with E-state index in [0.717, 1.165) is 16.8 Å². The van der Waals surface area contributed by atoms with E-state index in [9.17, 15) is 9.59 Å². The number of amides is 2. The van der Waals surface area contributed by atoms with Gasteiger partial charge >= 0.3 is 0 Å². The summed E-state index contributed by atoms with van der Waals surface area (Å²) in [6.45, 7) is 4.40. The monoisotopic (exact) mass is 342 g/mol. The average Bonchev–Trinajstić information content (AvgIpc) is 2.94. The molecule has 1 heterocycles. The molecule has 1 aliphatic heterocycles. The topological polar surface area (TPSA) is 49.4 Å². The van der Waals surface area contributed by atoms with Crippen LogP contribution in [0.15, 0.2) is 42.5 Å². The smallest absolute Gasteiger partial charge is 0.229 e. The number of carbonyl (C=O) groups excluding carboxylic acids is 2. The third-order valence-electron chi connectivity index (χ3n) is 4.49. The van der Waals surface area contributed by atoms with Crippen LogP contribution < -0.4 is 10.2 Å². The van der Waals surface area contributed by atoms with Crippen molar-refractivity contribution in [2.45, 2.75) is 20.3 Å². The fourth-order valence-corrected chi connectivity index (χ4v) is 3.12. The van der Waals surface area contributed by atoms with Crippen molar-refractivity contribution in [1.82, 2.24) is 0 Å². The quantitative estimate of drug-likeness (QED) is 0.918. The van der Waals surface area contributed by atoms with E-state index in [-0.39, 0.29) is 24.2 Å². The number of anilines is 2. The first-order valence-electron chi connectivity index (χ1n) is 7.89. The minimum Gasteiger partial charge on any atom is -0.324 e. The highest BCUT2D eigenvalue weighted by molar-refractivity contribution is 6.33. The molecular formula is C19H19ClN2O2. The Morgan fingerprint density at radius 3 is 2.67 bits per heavy atom. The van der Waals surface area contributed by atoms with Gasteiger partial charge in [-0.15, -0.1) is 0 Å². The summed E-state index contributed by atoms with van der Waals surface area (Å²) in [7, 11) is 0. The Bertz CT molecular complexity index is 804. The number of carbonyl (C=O) groups is 2. The van der Waals surface area contributed by atoms with Crippen molar-refractivity contribution in [1.29, 1.82) is 0 Å². The van der Waals surface area contributed by atoms with Crippen LogP contribution in [0.4, 0.5) is 11.4 Å². The van der Waals surface area contributed by atoms with E-state index < -0.39 is 0 Å². The second-order valence-electron chi connectivity index (χ2n) is 6.09. The van der Waals surface area contributed by atoms with Crippen LogP contribution in [0, 0.1) is 19.8 Å². The number of benzene rings is 2. The van der Waals surface area contributed by atoms with Crippen molar-refractivity contribution >= 4 is 34.8 Å². The van der Waals surface area contributed by atoms with E-state index in [1.165, 1.54) is 0 Å². The third-order valence-corrected chi connectivity index (χ3v) is 4.82. The number of hydrogen-bond acceptors (Lipinski definition) is 2. The van der Waals surface area contributed by atoms with Crippen LogP contribution in [0.1, 0.15) is 17.5 Å². The van der Waals surface area contributed by atoms with Gasteiger partial charge in [-0.25, -0.2) is 0 Å². The second-order valence-corrected chi connectivity index (χ2v) is 6.50. The summed E-state index contributed by atoms with van der Waals surface area (Å²) in [5.74, 6) is -0.582. The van der Waals surface area contributed by atoms with Crippen molar-refractivity contribution in [2.24, 2.45) is 5.92 Å². The first-order valence-corrected chi connectivity index (χ1v) is 8.27. The molecule has 124 valence electrons. The Morgan fingerprint density at radius 1 is 1.17 bits per heavy atom. The van der Waals surface area contributed by atoms with Crippen LogP contribution in [0.5, 0.6) is 0 Å². The van der Waals surface area contributed by atoms with Gasteiger partial charge in [-0.2, -0.15) is 0 Å². The number of halogens is 1. The largest absolute Gasteiger partial charge is 0.324 e. The highest BCUT2D eigenvalue weighted by Crippen LogP contribution is 2.30. The molecule has 24 heavy (non-hydrogen) atoms.